The molecule has 0 heterocycles. The summed E-state index contributed by atoms with van der Waals surface area (Å²) in [7, 11) is -4.63. The van der Waals surface area contributed by atoms with Crippen LogP contribution in [0.4, 0.5) is 0 Å². The fraction of sp³-hybridized carbons (Fsp3) is 0.857. The molecule has 4 unspecified atom stereocenters. The second-order valence-electron chi connectivity index (χ2n) is 3.56. The molecule has 0 aliphatic carbocycles. The topological polar surface area (TPSA) is 101 Å². The molecule has 0 spiro atoms. The Morgan fingerprint density at radius 1 is 1.26 bits per heavy atom. The normalized spacial score (nSPS) is 16.2. The van der Waals surface area contributed by atoms with Gasteiger partial charge in [-0.15, -0.1) is 15.5 Å². The van der Waals surface area contributed by atoms with E-state index in [2.05, 4.69) is 29.3 Å². The van der Waals surface area contributed by atoms with Crippen LogP contribution in [0.15, 0.2) is 0 Å². The maximum absolute atomic E-state index is 11.0. The Morgan fingerprint density at radius 3 is 2.16 bits per heavy atom. The van der Waals surface area contributed by atoms with Crippen molar-refractivity contribution in [2.75, 3.05) is 25.7 Å². The van der Waals surface area contributed by atoms with Crippen molar-refractivity contribution in [3.63, 3.8) is 0 Å². The van der Waals surface area contributed by atoms with Gasteiger partial charge in [0.25, 0.3) is 20.2 Å². The van der Waals surface area contributed by atoms with E-state index in [1.807, 2.05) is 0 Å². The van der Waals surface area contributed by atoms with E-state index in [9.17, 15) is 16.8 Å². The summed E-state index contributed by atoms with van der Waals surface area (Å²) in [5.41, 5.74) is 0. The van der Waals surface area contributed by atoms with E-state index in [4.69, 9.17) is 0 Å². The maximum atomic E-state index is 11.0. The van der Waals surface area contributed by atoms with Crippen LogP contribution < -0.4 is 0 Å². The van der Waals surface area contributed by atoms with E-state index >= 15 is 0 Å². The van der Waals surface area contributed by atoms with E-state index in [1.165, 1.54) is 0 Å². The largest absolute Gasteiger partial charge is 0.635 e. The molecule has 0 aliphatic heterocycles. The first-order valence-electron chi connectivity index (χ1n) is 4.73. The van der Waals surface area contributed by atoms with Gasteiger partial charge in [-0.25, -0.2) is 8.42 Å². The van der Waals surface area contributed by atoms with Crippen LogP contribution in [0.1, 0.15) is 0 Å². The van der Waals surface area contributed by atoms with E-state index < -0.39 is 32.3 Å². The number of hydrogen-bond acceptors (Lipinski definition) is 6. The van der Waals surface area contributed by atoms with Gasteiger partial charge in [-0.3, -0.25) is 8.37 Å². The zero-order chi connectivity index (χ0) is 14.4. The van der Waals surface area contributed by atoms with Gasteiger partial charge in [0.05, 0.1) is 19.1 Å². The standard InChI is InChI=1S/C7H17NO6P2S2.Y/c1-6(14-18(3,11)12)7(4-8-16-15)5-13-17(2,9)10;/h6-7,16H,1,4-5,15H2,2-3H3;/q-2;. The minimum absolute atomic E-state index is 0. The van der Waals surface area contributed by atoms with Crippen molar-refractivity contribution in [1.82, 2.24) is 0 Å². The van der Waals surface area contributed by atoms with Crippen LogP contribution in [0, 0.1) is 12.8 Å². The molecule has 0 fully saturated rings. The Hall–Kier alpha value is 1.74. The van der Waals surface area contributed by atoms with Crippen LogP contribution in [0.25, 0.3) is 5.09 Å². The molecular formula is C7H17NO6P2S2Y-2. The third-order valence-corrected chi connectivity index (χ3v) is 3.81. The summed E-state index contributed by atoms with van der Waals surface area (Å²) in [6.45, 7) is 3.53. The Kier molecular flexibility index (Phi) is 12.7. The van der Waals surface area contributed by atoms with Crippen molar-refractivity contribution in [2.24, 2.45) is 5.92 Å². The Balaban J connectivity index is 0. The Morgan fingerprint density at radius 2 is 1.79 bits per heavy atom. The molecule has 7 nitrogen and oxygen atoms in total. The smallest absolute Gasteiger partial charge is 0.264 e. The summed E-state index contributed by atoms with van der Waals surface area (Å²) in [4.78, 5) is 0. The molecule has 0 saturated heterocycles. The zero-order valence-corrected chi connectivity index (χ0v) is 17.3. The van der Waals surface area contributed by atoms with Crippen molar-refractivity contribution in [1.29, 1.82) is 0 Å². The maximum Gasteiger partial charge on any atom is 0.264 e. The molecule has 113 valence electrons. The summed E-state index contributed by atoms with van der Waals surface area (Å²) < 4.78 is 53.0. The summed E-state index contributed by atoms with van der Waals surface area (Å²) in [5, 5.41) is 4.02. The molecule has 4 atom stereocenters. The molecule has 0 N–H and O–H groups in total. The third kappa shape index (κ3) is 14.4. The van der Waals surface area contributed by atoms with E-state index in [-0.39, 0.29) is 54.3 Å². The molecule has 0 aromatic heterocycles. The minimum Gasteiger partial charge on any atom is -0.635 e. The molecule has 0 aromatic carbocycles. The molecule has 19 heavy (non-hydrogen) atoms. The molecule has 0 rings (SSSR count). The number of hydrogen-bond donors (Lipinski definition) is 0. The average Bonchev–Trinajstić information content (AvgIpc) is 2.13. The summed E-state index contributed by atoms with van der Waals surface area (Å²) in [6, 6.07) is 0. The molecule has 0 saturated carbocycles. The van der Waals surface area contributed by atoms with Crippen LogP contribution in [-0.2, 0) is 61.3 Å². The van der Waals surface area contributed by atoms with Crippen LogP contribution in [0.3, 0.4) is 0 Å². The van der Waals surface area contributed by atoms with Crippen LogP contribution >= 0.6 is 17.3 Å². The number of rotatable bonds is 9. The second kappa shape index (κ2) is 10.5. The third-order valence-electron chi connectivity index (χ3n) is 1.74. The zero-order valence-electron chi connectivity index (χ0n) is 10.6. The second-order valence-corrected chi connectivity index (χ2v) is 8.15. The molecule has 0 aromatic rings. The van der Waals surface area contributed by atoms with Gasteiger partial charge in [-0.2, -0.15) is 16.8 Å². The van der Waals surface area contributed by atoms with Gasteiger partial charge in [0.1, 0.15) is 0 Å². The van der Waals surface area contributed by atoms with E-state index in [0.717, 1.165) is 12.5 Å². The summed E-state index contributed by atoms with van der Waals surface area (Å²) in [5.74, 6) is -0.553. The minimum atomic E-state index is -3.66. The Bertz CT molecular complexity index is 443. The van der Waals surface area contributed by atoms with Gasteiger partial charge in [0.15, 0.2) is 0 Å². The molecule has 12 heteroatoms. The monoisotopic (exact) mass is 426 g/mol. The van der Waals surface area contributed by atoms with Gasteiger partial charge in [0, 0.05) is 32.7 Å². The van der Waals surface area contributed by atoms with Crippen LogP contribution in [0.2, 0.25) is 0 Å². The van der Waals surface area contributed by atoms with Crippen molar-refractivity contribution in [3.8, 4) is 0 Å². The van der Waals surface area contributed by atoms with Gasteiger partial charge >= 0.3 is 0 Å². The first-order valence-corrected chi connectivity index (χ1v) is 11.1. The van der Waals surface area contributed by atoms with Crippen molar-refractivity contribution in [3.05, 3.63) is 12.0 Å². The van der Waals surface area contributed by atoms with Gasteiger partial charge in [-0.05, 0) is 12.0 Å². The fourth-order valence-corrected chi connectivity index (χ4v) is 2.65. The Labute approximate surface area is 144 Å². The summed E-state index contributed by atoms with van der Waals surface area (Å²) >= 11 is 0. The van der Waals surface area contributed by atoms with Gasteiger partial charge in [-0.1, -0.05) is 0 Å². The molecular weight excluding hydrogens is 409 g/mol. The molecule has 1 radical (unpaired) electrons. The van der Waals surface area contributed by atoms with Crippen molar-refractivity contribution < 1.29 is 57.9 Å². The predicted octanol–water partition coefficient (Wildman–Crippen LogP) is 0.512. The van der Waals surface area contributed by atoms with Gasteiger partial charge in [0.2, 0.25) is 0 Å². The fourth-order valence-electron chi connectivity index (χ4n) is 0.962. The number of nitrogens with zero attached hydrogens (tertiary/aromatic N) is 1. The van der Waals surface area contributed by atoms with E-state index in [1.54, 1.807) is 0 Å². The average molecular weight is 426 g/mol. The first kappa shape index (κ1) is 23.0. The predicted molar refractivity (Wildman–Crippen MR) is 75.6 cm³/mol. The molecule has 0 bridgehead atoms. The van der Waals surface area contributed by atoms with Crippen LogP contribution in [0.5, 0.6) is 0 Å². The van der Waals surface area contributed by atoms with Crippen LogP contribution in [-0.4, -0.2) is 48.6 Å². The molecule has 0 aliphatic rings. The van der Waals surface area contributed by atoms with E-state index in [0.29, 0.717) is 0 Å². The summed E-state index contributed by atoms with van der Waals surface area (Å²) in [6.07, 6.45) is 0.856. The van der Waals surface area contributed by atoms with Crippen molar-refractivity contribution >= 4 is 37.6 Å². The van der Waals surface area contributed by atoms with Crippen molar-refractivity contribution in [2.45, 2.75) is 6.10 Å². The van der Waals surface area contributed by atoms with Gasteiger partial charge < -0.3 is 12.0 Å². The quantitative estimate of drug-likeness (QED) is 0.303. The molecule has 0 amide bonds. The SMILES string of the molecule is [CH2-]C(OS(C)(=O)=O)C(C[N-]PP)COS(C)(=O)=O.[Y]. The first-order chi connectivity index (χ1) is 8.05.